The molecule has 2 N–H and O–H groups in total. The van der Waals surface area contributed by atoms with Crippen LogP contribution in [-0.2, 0) is 0 Å². The average Bonchev–Trinajstić information content (AvgIpc) is 2.08. The first kappa shape index (κ1) is 8.23. The first-order valence-electron chi connectivity index (χ1n) is 4.56. The summed E-state index contributed by atoms with van der Waals surface area (Å²) in [6.45, 7) is 1.71. The van der Waals surface area contributed by atoms with E-state index in [0.717, 1.165) is 37.4 Å². The average molecular weight is 179 g/mol. The highest BCUT2D eigenvalue weighted by atomic mass is 16.5. The molecule has 2 rings (SSSR count). The van der Waals surface area contributed by atoms with E-state index >= 15 is 0 Å². The number of ether oxygens (including phenoxy) is 1. The lowest BCUT2D eigenvalue weighted by Crippen LogP contribution is -2.10. The highest BCUT2D eigenvalue weighted by Crippen LogP contribution is 2.29. The fourth-order valence-corrected chi connectivity index (χ4v) is 1.41. The van der Waals surface area contributed by atoms with Crippen molar-refractivity contribution in [3.8, 4) is 11.5 Å². The van der Waals surface area contributed by atoms with Gasteiger partial charge in [-0.3, -0.25) is 0 Å². The molecule has 0 amide bonds. The summed E-state index contributed by atoms with van der Waals surface area (Å²) in [5.41, 5.74) is 0.889. The van der Waals surface area contributed by atoms with Crippen LogP contribution >= 0.6 is 0 Å². The second-order valence-corrected chi connectivity index (χ2v) is 3.16. The minimum Gasteiger partial charge on any atom is -0.508 e. The van der Waals surface area contributed by atoms with Gasteiger partial charge >= 0.3 is 0 Å². The number of fused-ring (bicyclic) bond motifs is 1. The van der Waals surface area contributed by atoms with Crippen molar-refractivity contribution in [1.29, 1.82) is 0 Å². The minimum absolute atomic E-state index is 0.274. The Kier molecular flexibility index (Phi) is 2.25. The number of anilines is 1. The highest BCUT2D eigenvalue weighted by Gasteiger charge is 2.06. The summed E-state index contributed by atoms with van der Waals surface area (Å²) in [5, 5.41) is 12.5. The van der Waals surface area contributed by atoms with E-state index in [0.29, 0.717) is 0 Å². The third-order valence-corrected chi connectivity index (χ3v) is 2.11. The van der Waals surface area contributed by atoms with Crippen molar-refractivity contribution < 1.29 is 9.84 Å². The maximum atomic E-state index is 9.25. The number of rotatable bonds is 0. The summed E-state index contributed by atoms with van der Waals surface area (Å²) in [7, 11) is 0. The fourth-order valence-electron chi connectivity index (χ4n) is 1.41. The molecule has 0 aliphatic carbocycles. The summed E-state index contributed by atoms with van der Waals surface area (Å²) >= 11 is 0. The number of aromatic hydroxyl groups is 1. The zero-order chi connectivity index (χ0) is 9.10. The van der Waals surface area contributed by atoms with Crippen molar-refractivity contribution in [2.75, 3.05) is 18.5 Å². The van der Waals surface area contributed by atoms with Crippen LogP contribution in [0.2, 0.25) is 0 Å². The van der Waals surface area contributed by atoms with Gasteiger partial charge in [0, 0.05) is 12.6 Å². The predicted octanol–water partition coefficient (Wildman–Crippen LogP) is 1.98. The summed E-state index contributed by atoms with van der Waals surface area (Å²) in [5.74, 6) is 1.10. The predicted molar refractivity (Wildman–Crippen MR) is 51.3 cm³/mol. The van der Waals surface area contributed by atoms with Gasteiger partial charge in [0.2, 0.25) is 0 Å². The van der Waals surface area contributed by atoms with Crippen molar-refractivity contribution in [3.63, 3.8) is 0 Å². The van der Waals surface area contributed by atoms with Gasteiger partial charge in [-0.2, -0.15) is 0 Å². The molecule has 70 valence electrons. The smallest absolute Gasteiger partial charge is 0.142 e. The van der Waals surface area contributed by atoms with Crippen LogP contribution in [0, 0.1) is 0 Å². The molecule has 0 saturated carbocycles. The van der Waals surface area contributed by atoms with Gasteiger partial charge in [0.25, 0.3) is 0 Å². The maximum Gasteiger partial charge on any atom is 0.142 e. The Morgan fingerprint density at radius 1 is 1.31 bits per heavy atom. The Bertz CT molecular complexity index is 299. The Hall–Kier alpha value is -1.38. The molecule has 1 aromatic carbocycles. The van der Waals surface area contributed by atoms with Gasteiger partial charge in [-0.1, -0.05) is 0 Å². The summed E-state index contributed by atoms with van der Waals surface area (Å²) in [6.07, 6.45) is 2.18. The molecule has 1 aromatic rings. The van der Waals surface area contributed by atoms with Gasteiger partial charge in [-0.15, -0.1) is 0 Å². The van der Waals surface area contributed by atoms with Crippen molar-refractivity contribution in [2.45, 2.75) is 12.8 Å². The molecule has 3 heteroatoms. The molecule has 0 atom stereocenters. The van der Waals surface area contributed by atoms with Gasteiger partial charge in [0.05, 0.1) is 12.3 Å². The van der Waals surface area contributed by atoms with E-state index in [9.17, 15) is 5.11 Å². The topological polar surface area (TPSA) is 41.5 Å². The molecule has 1 aliphatic heterocycles. The number of phenols is 1. The number of phenolic OH excluding ortho intramolecular Hbond substituents is 1. The van der Waals surface area contributed by atoms with Crippen LogP contribution < -0.4 is 10.1 Å². The molecular formula is C10H13NO2. The first-order chi connectivity index (χ1) is 6.36. The van der Waals surface area contributed by atoms with E-state index in [2.05, 4.69) is 5.32 Å². The zero-order valence-electron chi connectivity index (χ0n) is 7.42. The van der Waals surface area contributed by atoms with Crippen LogP contribution in [0.25, 0.3) is 0 Å². The number of nitrogens with one attached hydrogen (secondary N) is 1. The summed E-state index contributed by atoms with van der Waals surface area (Å²) in [4.78, 5) is 0. The maximum absolute atomic E-state index is 9.25. The fraction of sp³-hybridized carbons (Fsp3) is 0.400. The van der Waals surface area contributed by atoms with Crippen molar-refractivity contribution in [1.82, 2.24) is 0 Å². The summed E-state index contributed by atoms with van der Waals surface area (Å²) in [6, 6.07) is 5.13. The van der Waals surface area contributed by atoms with E-state index in [-0.39, 0.29) is 5.75 Å². The molecule has 0 spiro atoms. The highest BCUT2D eigenvalue weighted by molar-refractivity contribution is 5.59. The number of hydrogen-bond acceptors (Lipinski definition) is 3. The third-order valence-electron chi connectivity index (χ3n) is 2.11. The SMILES string of the molecule is Oc1ccc2c(c1)NCCCCO2. The van der Waals surface area contributed by atoms with Crippen LogP contribution in [0.1, 0.15) is 12.8 Å². The minimum atomic E-state index is 0.274. The molecular weight excluding hydrogens is 166 g/mol. The van der Waals surface area contributed by atoms with Crippen LogP contribution in [0.4, 0.5) is 5.69 Å². The van der Waals surface area contributed by atoms with E-state index < -0.39 is 0 Å². The third kappa shape index (κ3) is 1.86. The van der Waals surface area contributed by atoms with Crippen molar-refractivity contribution in [3.05, 3.63) is 18.2 Å². The monoisotopic (exact) mass is 179 g/mol. The van der Waals surface area contributed by atoms with Gasteiger partial charge in [0.15, 0.2) is 0 Å². The Morgan fingerprint density at radius 2 is 2.23 bits per heavy atom. The molecule has 0 fully saturated rings. The van der Waals surface area contributed by atoms with E-state index in [1.807, 2.05) is 0 Å². The molecule has 3 nitrogen and oxygen atoms in total. The number of hydrogen-bond donors (Lipinski definition) is 2. The van der Waals surface area contributed by atoms with Crippen LogP contribution in [-0.4, -0.2) is 18.3 Å². The molecule has 0 saturated heterocycles. The standard InChI is InChI=1S/C10H13NO2/c12-8-3-4-10-9(7-8)11-5-1-2-6-13-10/h3-4,7,11-12H,1-2,5-6H2. The second kappa shape index (κ2) is 3.56. The molecule has 0 unspecified atom stereocenters. The molecule has 13 heavy (non-hydrogen) atoms. The quantitative estimate of drug-likeness (QED) is 0.639. The van der Waals surface area contributed by atoms with Crippen molar-refractivity contribution >= 4 is 5.69 Å². The zero-order valence-corrected chi connectivity index (χ0v) is 7.42. The van der Waals surface area contributed by atoms with E-state index in [4.69, 9.17) is 4.74 Å². The van der Waals surface area contributed by atoms with Gasteiger partial charge in [0.1, 0.15) is 11.5 Å². The normalized spacial score (nSPS) is 16.0. The number of benzene rings is 1. The van der Waals surface area contributed by atoms with Crippen molar-refractivity contribution in [2.24, 2.45) is 0 Å². The van der Waals surface area contributed by atoms with E-state index in [1.54, 1.807) is 18.2 Å². The van der Waals surface area contributed by atoms with Gasteiger partial charge in [-0.05, 0) is 25.0 Å². The van der Waals surface area contributed by atoms with Crippen LogP contribution in [0.15, 0.2) is 18.2 Å². The summed E-state index contributed by atoms with van der Waals surface area (Å²) < 4.78 is 5.51. The second-order valence-electron chi connectivity index (χ2n) is 3.16. The van der Waals surface area contributed by atoms with E-state index in [1.165, 1.54) is 0 Å². The molecule has 1 heterocycles. The lowest BCUT2D eigenvalue weighted by Gasteiger charge is -2.16. The molecule has 0 radical (unpaired) electrons. The molecule has 0 bridgehead atoms. The van der Waals surface area contributed by atoms with Gasteiger partial charge < -0.3 is 15.2 Å². The first-order valence-corrected chi connectivity index (χ1v) is 4.56. The Labute approximate surface area is 77.3 Å². The van der Waals surface area contributed by atoms with Gasteiger partial charge in [-0.25, -0.2) is 0 Å². The van der Waals surface area contributed by atoms with Crippen LogP contribution in [0.5, 0.6) is 11.5 Å². The lowest BCUT2D eigenvalue weighted by atomic mass is 10.2. The lowest BCUT2D eigenvalue weighted by molar-refractivity contribution is 0.305. The largest absolute Gasteiger partial charge is 0.508 e. The molecule has 1 aliphatic rings. The Balaban J connectivity index is 2.28. The Morgan fingerprint density at radius 3 is 3.15 bits per heavy atom. The molecule has 0 aromatic heterocycles. The van der Waals surface area contributed by atoms with Crippen LogP contribution in [0.3, 0.4) is 0 Å².